The van der Waals surface area contributed by atoms with Crippen LogP contribution in [0.15, 0.2) is 0 Å². The summed E-state index contributed by atoms with van der Waals surface area (Å²) >= 11 is 0. The fourth-order valence-electron chi connectivity index (χ4n) is 0.807. The fourth-order valence-corrected chi connectivity index (χ4v) is 0.807. The number of carboxylic acids is 3. The van der Waals surface area contributed by atoms with Crippen LogP contribution in [0.3, 0.4) is 0 Å². The van der Waals surface area contributed by atoms with Gasteiger partial charge in [0.25, 0.3) is 6.10 Å². The van der Waals surface area contributed by atoms with E-state index in [-0.39, 0.29) is 130 Å². The van der Waals surface area contributed by atoms with E-state index in [0.29, 0.717) is 0 Å². The first-order valence-corrected chi connectivity index (χ1v) is 4.39. The van der Waals surface area contributed by atoms with Crippen LogP contribution in [0.25, 0.3) is 0 Å². The van der Waals surface area contributed by atoms with Crippen molar-refractivity contribution < 1.29 is 163 Å². The van der Waals surface area contributed by atoms with Crippen molar-refractivity contribution in [3.8, 4) is 0 Å². The molecule has 0 aromatic carbocycles. The van der Waals surface area contributed by atoms with E-state index in [0.717, 1.165) is 0 Å². The maximum absolute atomic E-state index is 11.1. The van der Waals surface area contributed by atoms with Gasteiger partial charge in [-0.15, -0.1) is 0 Å². The van der Waals surface area contributed by atoms with Crippen molar-refractivity contribution in [3.63, 3.8) is 0 Å². The molecule has 0 saturated carbocycles. The minimum absolute atomic E-state index is 0. The number of carbonyl (C=O) groups excluding carboxylic acids is 1. The predicted octanol–water partition coefficient (Wildman–Crippen LogP) is -13.3. The number of rotatable bonds is 7. The monoisotopic (exact) mass is 345 g/mol. The summed E-state index contributed by atoms with van der Waals surface area (Å²) in [5.41, 5.74) is 5.19. The van der Waals surface area contributed by atoms with Gasteiger partial charge in [0, 0.05) is 6.42 Å². The van der Waals surface area contributed by atoms with Crippen molar-refractivity contribution in [2.75, 3.05) is 0 Å². The largest absolute Gasteiger partial charge is 1.00 e. The van der Waals surface area contributed by atoms with Gasteiger partial charge < -0.3 is 31.5 Å². The zero-order valence-corrected chi connectivity index (χ0v) is 20.5. The summed E-state index contributed by atoms with van der Waals surface area (Å²) in [6.45, 7) is 0. The first kappa shape index (κ1) is 34.2. The summed E-state index contributed by atoms with van der Waals surface area (Å²) in [6.07, 6.45) is -3.04. The molecular weight excluding hydrogens is 330 g/mol. The smallest absolute Gasteiger partial charge is 1.00 e. The summed E-state index contributed by atoms with van der Waals surface area (Å²) in [6, 6.07) is -1.38. The molecule has 1 unspecified atom stereocenters. The van der Waals surface area contributed by atoms with Gasteiger partial charge in [-0.05, 0) is 6.42 Å². The molecule has 104 valence electrons. The third-order valence-corrected chi connectivity index (χ3v) is 1.65. The molecule has 0 aromatic rings. The van der Waals surface area contributed by atoms with Crippen LogP contribution in [0, 0.1) is 0 Å². The summed E-state index contributed by atoms with van der Waals surface area (Å²) < 4.78 is 4.11. The molecule has 0 fully saturated rings. The maximum atomic E-state index is 11.1. The van der Waals surface area contributed by atoms with Crippen molar-refractivity contribution in [3.05, 3.63) is 0 Å². The van der Waals surface area contributed by atoms with Gasteiger partial charge in [0.05, 0.1) is 0 Å². The standard InChI is InChI=1S/C8H11NO8.4Na.4H/c9-3(1-2-4(10)11)8(16)17-5(6(12)13)7(14)15;;;;;;;;/h3,5H,1-2,9H2,(H,10,11)(H,12,13)(H,14,15);;;;;;;;/q;4*+1;4*-1. The molecule has 0 amide bonds. The molecular formula is C8H15NNa4O8. The first-order chi connectivity index (χ1) is 7.75. The minimum atomic E-state index is -2.35. The van der Waals surface area contributed by atoms with Crippen molar-refractivity contribution in [1.82, 2.24) is 0 Å². The summed E-state index contributed by atoms with van der Waals surface area (Å²) in [5.74, 6) is -6.17. The van der Waals surface area contributed by atoms with E-state index in [1.165, 1.54) is 0 Å². The quantitative estimate of drug-likeness (QED) is 0.199. The normalized spacial score (nSPS) is 9.62. The van der Waals surface area contributed by atoms with E-state index in [2.05, 4.69) is 4.74 Å². The Bertz CT molecular complexity index is 355. The number of nitrogens with two attached hydrogens (primary N) is 1. The van der Waals surface area contributed by atoms with E-state index >= 15 is 0 Å². The minimum Gasteiger partial charge on any atom is -1.00 e. The molecule has 0 aliphatic heterocycles. The Kier molecular flexibility index (Phi) is 29.6. The zero-order chi connectivity index (χ0) is 13.6. The van der Waals surface area contributed by atoms with Crippen LogP contribution in [0.5, 0.6) is 0 Å². The summed E-state index contributed by atoms with van der Waals surface area (Å²) in [7, 11) is 0. The Morgan fingerprint density at radius 1 is 0.952 bits per heavy atom. The van der Waals surface area contributed by atoms with Crippen molar-refractivity contribution >= 4 is 23.9 Å². The molecule has 0 heterocycles. The van der Waals surface area contributed by atoms with Crippen LogP contribution >= 0.6 is 0 Å². The van der Waals surface area contributed by atoms with Gasteiger partial charge in [-0.25, -0.2) is 9.59 Å². The molecule has 21 heavy (non-hydrogen) atoms. The maximum Gasteiger partial charge on any atom is 1.00 e. The van der Waals surface area contributed by atoms with E-state index < -0.39 is 42.4 Å². The summed E-state index contributed by atoms with van der Waals surface area (Å²) in [5, 5.41) is 25.1. The Morgan fingerprint density at radius 3 is 1.62 bits per heavy atom. The van der Waals surface area contributed by atoms with Gasteiger partial charge >= 0.3 is 142 Å². The molecule has 1 atom stereocenters. The Balaban J connectivity index is -0.0000000457. The van der Waals surface area contributed by atoms with Crippen molar-refractivity contribution in [2.24, 2.45) is 5.73 Å². The molecule has 0 radical (unpaired) electrons. The second-order valence-electron chi connectivity index (χ2n) is 3.03. The van der Waals surface area contributed by atoms with Crippen LogP contribution in [-0.2, 0) is 23.9 Å². The van der Waals surface area contributed by atoms with Crippen LogP contribution < -0.4 is 124 Å². The molecule has 13 heteroatoms. The van der Waals surface area contributed by atoms with Gasteiger partial charge in [-0.1, -0.05) is 0 Å². The molecule has 0 aliphatic carbocycles. The number of ether oxygens (including phenoxy) is 1. The molecule has 0 rings (SSSR count). The molecule has 0 bridgehead atoms. The SMILES string of the molecule is NC(CCC(=O)O)C(=O)OC(C(=O)O)C(=O)O.[H-].[H-].[H-].[H-].[Na+].[Na+].[Na+].[Na+]. The van der Waals surface area contributed by atoms with Crippen molar-refractivity contribution in [2.45, 2.75) is 25.0 Å². The van der Waals surface area contributed by atoms with Crippen molar-refractivity contribution in [1.29, 1.82) is 0 Å². The third kappa shape index (κ3) is 16.5. The Morgan fingerprint density at radius 2 is 1.33 bits per heavy atom. The third-order valence-electron chi connectivity index (χ3n) is 1.65. The fraction of sp³-hybridized carbons (Fsp3) is 0.500. The van der Waals surface area contributed by atoms with Gasteiger partial charge in [0.15, 0.2) is 0 Å². The molecule has 9 nitrogen and oxygen atoms in total. The predicted molar refractivity (Wildman–Crippen MR) is 54.4 cm³/mol. The van der Waals surface area contributed by atoms with Gasteiger partial charge in [0.1, 0.15) is 6.04 Å². The molecule has 0 aromatic heterocycles. The topological polar surface area (TPSA) is 164 Å². The number of esters is 1. The average Bonchev–Trinajstić information content (AvgIpc) is 2.20. The Hall–Kier alpha value is 1.84. The molecule has 0 spiro atoms. The summed E-state index contributed by atoms with van der Waals surface area (Å²) in [4.78, 5) is 42.0. The van der Waals surface area contributed by atoms with Crippen LogP contribution in [-0.4, -0.2) is 51.3 Å². The van der Waals surface area contributed by atoms with E-state index in [1.54, 1.807) is 0 Å². The number of hydrogen-bond acceptors (Lipinski definition) is 6. The van der Waals surface area contributed by atoms with Crippen LogP contribution in [0.1, 0.15) is 18.5 Å². The zero-order valence-electron chi connectivity index (χ0n) is 16.5. The van der Waals surface area contributed by atoms with E-state index in [4.69, 9.17) is 21.1 Å². The van der Waals surface area contributed by atoms with Crippen LogP contribution in [0.2, 0.25) is 0 Å². The average molecular weight is 345 g/mol. The van der Waals surface area contributed by atoms with Crippen LogP contribution in [0.4, 0.5) is 0 Å². The molecule has 0 aliphatic rings. The second-order valence-corrected chi connectivity index (χ2v) is 3.03. The van der Waals surface area contributed by atoms with Gasteiger partial charge in [0.2, 0.25) is 0 Å². The number of hydrogen-bond donors (Lipinski definition) is 4. The number of aliphatic carboxylic acids is 3. The van der Waals surface area contributed by atoms with Gasteiger partial charge in [-0.3, -0.25) is 9.59 Å². The van der Waals surface area contributed by atoms with E-state index in [9.17, 15) is 19.2 Å². The molecule has 0 saturated heterocycles. The second kappa shape index (κ2) is 18.2. The Labute approximate surface area is 214 Å². The first-order valence-electron chi connectivity index (χ1n) is 4.39. The molecule has 5 N–H and O–H groups in total. The van der Waals surface area contributed by atoms with E-state index in [1.807, 2.05) is 0 Å². The number of carbonyl (C=O) groups is 4. The van der Waals surface area contributed by atoms with Gasteiger partial charge in [-0.2, -0.15) is 0 Å². The number of carboxylic acid groups (broad SMARTS) is 3.